The van der Waals surface area contributed by atoms with E-state index >= 15 is 0 Å². The monoisotopic (exact) mass is 314 g/mol. The highest BCUT2D eigenvalue weighted by molar-refractivity contribution is 9.10. The van der Waals surface area contributed by atoms with Crippen molar-refractivity contribution in [2.24, 2.45) is 0 Å². The van der Waals surface area contributed by atoms with Crippen molar-refractivity contribution in [3.63, 3.8) is 0 Å². The summed E-state index contributed by atoms with van der Waals surface area (Å²) in [5.41, 5.74) is 0. The summed E-state index contributed by atoms with van der Waals surface area (Å²) in [5.74, 6) is 0.730. The fraction of sp³-hybridized carbons (Fsp3) is 0.500. The number of halogens is 1. The lowest BCUT2D eigenvalue weighted by Gasteiger charge is -2.26. The van der Waals surface area contributed by atoms with E-state index in [4.69, 9.17) is 0 Å². The van der Waals surface area contributed by atoms with Crippen LogP contribution in [0.5, 0.6) is 0 Å². The van der Waals surface area contributed by atoms with Crippen LogP contribution in [0.25, 0.3) is 0 Å². The number of carbonyl (C=O) groups excluding carboxylic acids is 1. The van der Waals surface area contributed by atoms with Crippen molar-refractivity contribution in [3.8, 4) is 0 Å². The summed E-state index contributed by atoms with van der Waals surface area (Å²) in [6.45, 7) is 1.85. The smallest absolute Gasteiger partial charge is 0.232 e. The standard InChI is InChI=1S/C12H15BrN2OS/c13-10-4-5-11(14-8-10)17-9-12(16)15-6-2-1-3-7-15/h4-5,8H,1-3,6-7,9H2. The number of hydrogen-bond donors (Lipinski definition) is 0. The van der Waals surface area contributed by atoms with Gasteiger partial charge in [-0.3, -0.25) is 4.79 Å². The van der Waals surface area contributed by atoms with Gasteiger partial charge in [-0.2, -0.15) is 0 Å². The summed E-state index contributed by atoms with van der Waals surface area (Å²) in [5, 5.41) is 0.901. The first-order valence-corrected chi connectivity index (χ1v) is 7.56. The zero-order chi connectivity index (χ0) is 12.1. The number of likely N-dealkylation sites (tertiary alicyclic amines) is 1. The lowest BCUT2D eigenvalue weighted by molar-refractivity contribution is -0.129. The van der Waals surface area contributed by atoms with Crippen LogP contribution in [0.4, 0.5) is 0 Å². The van der Waals surface area contributed by atoms with Crippen LogP contribution in [0, 0.1) is 0 Å². The van der Waals surface area contributed by atoms with E-state index in [2.05, 4.69) is 20.9 Å². The second-order valence-electron chi connectivity index (χ2n) is 4.04. The van der Waals surface area contributed by atoms with Crippen LogP contribution in [0.15, 0.2) is 27.8 Å². The number of aromatic nitrogens is 1. The zero-order valence-corrected chi connectivity index (χ0v) is 12.0. The van der Waals surface area contributed by atoms with Crippen molar-refractivity contribution in [2.75, 3.05) is 18.8 Å². The number of carbonyl (C=O) groups is 1. The van der Waals surface area contributed by atoms with Gasteiger partial charge in [0.05, 0.1) is 10.8 Å². The van der Waals surface area contributed by atoms with Gasteiger partial charge in [-0.1, -0.05) is 11.8 Å². The average Bonchev–Trinajstić information content (AvgIpc) is 2.39. The predicted octanol–water partition coefficient (Wildman–Crippen LogP) is 2.95. The molecule has 0 unspecified atom stereocenters. The van der Waals surface area contributed by atoms with Crippen LogP contribution in [0.3, 0.4) is 0 Å². The van der Waals surface area contributed by atoms with Gasteiger partial charge in [0.2, 0.25) is 5.91 Å². The first kappa shape index (κ1) is 12.9. The van der Waals surface area contributed by atoms with E-state index in [-0.39, 0.29) is 5.91 Å². The van der Waals surface area contributed by atoms with Crippen molar-refractivity contribution < 1.29 is 4.79 Å². The van der Waals surface area contributed by atoms with E-state index in [9.17, 15) is 4.79 Å². The molecule has 2 rings (SSSR count). The summed E-state index contributed by atoms with van der Waals surface area (Å²) in [6, 6.07) is 3.87. The highest BCUT2D eigenvalue weighted by Crippen LogP contribution is 2.19. The normalized spacial score (nSPS) is 15.9. The Balaban J connectivity index is 1.81. The van der Waals surface area contributed by atoms with Crippen LogP contribution >= 0.6 is 27.7 Å². The van der Waals surface area contributed by atoms with Crippen LogP contribution in [0.2, 0.25) is 0 Å². The molecule has 17 heavy (non-hydrogen) atoms. The molecule has 0 saturated carbocycles. The molecular weight excluding hydrogens is 300 g/mol. The van der Waals surface area contributed by atoms with Gasteiger partial charge in [0.15, 0.2) is 0 Å². The van der Waals surface area contributed by atoms with Crippen LogP contribution in [-0.2, 0) is 4.79 Å². The maximum absolute atomic E-state index is 11.9. The molecule has 0 radical (unpaired) electrons. The van der Waals surface area contributed by atoms with Gasteiger partial charge >= 0.3 is 0 Å². The molecule has 1 saturated heterocycles. The topological polar surface area (TPSA) is 33.2 Å². The maximum Gasteiger partial charge on any atom is 0.232 e. The Morgan fingerprint density at radius 1 is 1.35 bits per heavy atom. The molecule has 1 aliphatic rings. The van der Waals surface area contributed by atoms with Gasteiger partial charge in [-0.05, 0) is 47.3 Å². The van der Waals surface area contributed by atoms with E-state index < -0.39 is 0 Å². The third-order valence-electron chi connectivity index (χ3n) is 2.75. The van der Waals surface area contributed by atoms with E-state index in [1.807, 2.05) is 17.0 Å². The molecule has 1 amide bonds. The summed E-state index contributed by atoms with van der Waals surface area (Å²) >= 11 is 4.85. The van der Waals surface area contributed by atoms with Gasteiger partial charge in [0.25, 0.3) is 0 Å². The molecule has 0 aromatic carbocycles. The molecule has 1 aromatic rings. The number of hydrogen-bond acceptors (Lipinski definition) is 3. The van der Waals surface area contributed by atoms with Gasteiger partial charge in [-0.15, -0.1) is 0 Å². The van der Waals surface area contributed by atoms with Crippen LogP contribution in [-0.4, -0.2) is 34.6 Å². The molecule has 5 heteroatoms. The fourth-order valence-corrected chi connectivity index (χ4v) is 2.80. The number of rotatable bonds is 3. The highest BCUT2D eigenvalue weighted by Gasteiger charge is 2.16. The summed E-state index contributed by atoms with van der Waals surface area (Å²) < 4.78 is 0.962. The van der Waals surface area contributed by atoms with Gasteiger partial charge in [-0.25, -0.2) is 4.98 Å². The Morgan fingerprint density at radius 3 is 2.76 bits per heavy atom. The molecule has 0 N–H and O–H groups in total. The molecule has 1 fully saturated rings. The van der Waals surface area contributed by atoms with E-state index in [1.54, 1.807) is 6.20 Å². The van der Waals surface area contributed by atoms with E-state index in [0.29, 0.717) is 5.75 Å². The highest BCUT2D eigenvalue weighted by atomic mass is 79.9. The summed E-state index contributed by atoms with van der Waals surface area (Å²) in [6.07, 6.45) is 5.30. The Labute approximate surface area is 114 Å². The second kappa shape index (κ2) is 6.40. The SMILES string of the molecule is O=C(CSc1ccc(Br)cn1)N1CCCCC1. The second-order valence-corrected chi connectivity index (χ2v) is 5.96. The number of nitrogens with zero attached hydrogens (tertiary/aromatic N) is 2. The van der Waals surface area contributed by atoms with Crippen molar-refractivity contribution in [1.29, 1.82) is 0 Å². The Bertz CT molecular complexity index is 377. The Kier molecular flexibility index (Phi) is 4.86. The molecule has 3 nitrogen and oxygen atoms in total. The predicted molar refractivity (Wildman–Crippen MR) is 73.1 cm³/mol. The Morgan fingerprint density at radius 2 is 2.12 bits per heavy atom. The van der Waals surface area contributed by atoms with Crippen molar-refractivity contribution in [2.45, 2.75) is 24.3 Å². The average molecular weight is 315 g/mol. The van der Waals surface area contributed by atoms with Crippen molar-refractivity contribution >= 4 is 33.6 Å². The van der Waals surface area contributed by atoms with Crippen molar-refractivity contribution in [1.82, 2.24) is 9.88 Å². The first-order chi connectivity index (χ1) is 8.25. The van der Waals surface area contributed by atoms with Gasteiger partial charge < -0.3 is 4.90 Å². The quantitative estimate of drug-likeness (QED) is 0.804. The molecule has 0 atom stereocenters. The molecule has 1 aromatic heterocycles. The Hall–Kier alpha value is -0.550. The number of amides is 1. The molecular formula is C12H15BrN2OS. The van der Waals surface area contributed by atoms with E-state index in [1.165, 1.54) is 18.2 Å². The molecule has 0 bridgehead atoms. The zero-order valence-electron chi connectivity index (χ0n) is 9.56. The summed E-state index contributed by atoms with van der Waals surface area (Å²) in [4.78, 5) is 18.1. The maximum atomic E-state index is 11.9. The number of piperidine rings is 1. The number of pyridine rings is 1. The van der Waals surface area contributed by atoms with Crippen LogP contribution < -0.4 is 0 Å². The first-order valence-electron chi connectivity index (χ1n) is 5.78. The molecule has 2 heterocycles. The van der Waals surface area contributed by atoms with Crippen LogP contribution in [0.1, 0.15) is 19.3 Å². The minimum atomic E-state index is 0.236. The number of thioether (sulfide) groups is 1. The third-order valence-corrected chi connectivity index (χ3v) is 4.15. The molecule has 1 aliphatic heterocycles. The third kappa shape index (κ3) is 4.00. The summed E-state index contributed by atoms with van der Waals surface area (Å²) in [7, 11) is 0. The molecule has 0 spiro atoms. The largest absolute Gasteiger partial charge is 0.342 e. The van der Waals surface area contributed by atoms with Crippen molar-refractivity contribution in [3.05, 3.63) is 22.8 Å². The minimum Gasteiger partial charge on any atom is -0.342 e. The van der Waals surface area contributed by atoms with Gasteiger partial charge in [0, 0.05) is 23.8 Å². The minimum absolute atomic E-state index is 0.236. The van der Waals surface area contributed by atoms with E-state index in [0.717, 1.165) is 35.4 Å². The lowest BCUT2D eigenvalue weighted by Crippen LogP contribution is -2.36. The fourth-order valence-electron chi connectivity index (χ4n) is 1.82. The van der Waals surface area contributed by atoms with Gasteiger partial charge in [0.1, 0.15) is 0 Å². The molecule has 92 valence electrons. The lowest BCUT2D eigenvalue weighted by atomic mass is 10.1. The molecule has 0 aliphatic carbocycles.